The number of anilines is 4. The number of esters is 1. The van der Waals surface area contributed by atoms with Crippen LogP contribution >= 0.6 is 22.9 Å². The van der Waals surface area contributed by atoms with E-state index in [1.807, 2.05) is 96.7 Å². The molecule has 456 valence electrons. The molecule has 85 heavy (non-hydrogen) atoms. The number of sulfone groups is 1. The molecular formula is C61H79ClN12O9S2. The van der Waals surface area contributed by atoms with E-state index in [-0.39, 0.29) is 84.8 Å². The van der Waals surface area contributed by atoms with Crippen molar-refractivity contribution in [2.75, 3.05) is 36.8 Å². The standard InChI is InChI=1S/C61H79ClN12O9S2/c1-36(2)82-50-32-45(38(5)30-48(50)69-60-64-33-46(62)57(71-60)68-47-16-11-12-17-51(47)85(80,81)37(3)4)42-25-28-73(29-26-42)53(76)19-15-18-52(75)70-56(61(8,9)10)59(79)74-34-44(83-54(77)20-13-14-27-66-72-63)31-49(74)58(78)67-39(6)41-21-23-43(24-22-41)55-40(7)65-35-84-55/h11-12,16-17,21-24,30,32-33,35-37,39,42,44,49,56H,13-15,18-20,25-29,31,34H2,1-10H3,(H,67,78)(H,70,75)(H2,64,68,69,71)/t39?,44-,49+,56?/m1/s1. The molecule has 2 fully saturated rings. The van der Waals surface area contributed by atoms with E-state index in [0.717, 1.165) is 32.8 Å². The zero-order chi connectivity index (χ0) is 61.8. The Labute approximate surface area is 507 Å². The molecule has 4 heterocycles. The molecule has 0 bridgehead atoms. The van der Waals surface area contributed by atoms with E-state index in [0.29, 0.717) is 55.9 Å². The summed E-state index contributed by atoms with van der Waals surface area (Å²) >= 11 is 8.09. The lowest BCUT2D eigenvalue weighted by Crippen LogP contribution is -2.57. The second kappa shape index (κ2) is 29.2. The summed E-state index contributed by atoms with van der Waals surface area (Å²) in [5.74, 6) is -0.777. The molecule has 2 aliphatic rings. The second-order valence-corrected chi connectivity index (χ2v) is 27.1. The number of benzene rings is 3. The first-order valence-corrected chi connectivity index (χ1v) is 31.7. The second-order valence-electron chi connectivity index (χ2n) is 23.4. The van der Waals surface area contributed by atoms with Crippen LogP contribution in [0.4, 0.5) is 23.1 Å². The van der Waals surface area contributed by atoms with E-state index in [2.05, 4.69) is 46.2 Å². The first-order chi connectivity index (χ1) is 40.3. The molecule has 7 rings (SSSR count). The quantitative estimate of drug-likeness (QED) is 0.0139. The van der Waals surface area contributed by atoms with Gasteiger partial charge < -0.3 is 40.5 Å². The van der Waals surface area contributed by atoms with Crippen molar-refractivity contribution in [2.24, 2.45) is 10.5 Å². The van der Waals surface area contributed by atoms with Gasteiger partial charge in [-0.25, -0.2) is 18.4 Å². The Morgan fingerprint density at radius 1 is 0.894 bits per heavy atom. The zero-order valence-corrected chi connectivity index (χ0v) is 52.5. The summed E-state index contributed by atoms with van der Waals surface area (Å²) in [7, 11) is -3.63. The molecule has 2 aromatic heterocycles. The van der Waals surface area contributed by atoms with Crippen LogP contribution in [-0.4, -0.2) is 118 Å². The smallest absolute Gasteiger partial charge is 0.306 e. The number of amides is 4. The molecule has 2 aliphatic heterocycles. The van der Waals surface area contributed by atoms with E-state index >= 15 is 0 Å². The average Bonchev–Trinajstić information content (AvgIpc) is 3.05. The Morgan fingerprint density at radius 3 is 2.27 bits per heavy atom. The van der Waals surface area contributed by atoms with Gasteiger partial charge in [-0.05, 0) is 144 Å². The molecule has 4 amide bonds. The maximum Gasteiger partial charge on any atom is 0.306 e. The van der Waals surface area contributed by atoms with Gasteiger partial charge in [0.05, 0.1) is 62.5 Å². The molecule has 21 nitrogen and oxygen atoms in total. The van der Waals surface area contributed by atoms with Gasteiger partial charge in [0, 0.05) is 50.2 Å². The predicted octanol–water partition coefficient (Wildman–Crippen LogP) is 11.6. The van der Waals surface area contributed by atoms with E-state index in [4.69, 9.17) is 26.6 Å². The molecule has 4 atom stereocenters. The molecule has 0 saturated carbocycles. The Bertz CT molecular complexity index is 3360. The van der Waals surface area contributed by atoms with Crippen molar-refractivity contribution in [3.05, 3.63) is 110 Å². The zero-order valence-electron chi connectivity index (χ0n) is 50.1. The molecule has 24 heteroatoms. The third-order valence-electron chi connectivity index (χ3n) is 15.2. The summed E-state index contributed by atoms with van der Waals surface area (Å²) in [6.45, 7) is 19.6. The fraction of sp³-hybridized carbons (Fsp3) is 0.508. The summed E-state index contributed by atoms with van der Waals surface area (Å²) < 4.78 is 38.5. The van der Waals surface area contributed by atoms with Crippen LogP contribution in [0.25, 0.3) is 20.9 Å². The number of hydrogen-bond acceptors (Lipinski definition) is 16. The number of carbonyl (C=O) groups excluding carboxylic acids is 5. The van der Waals surface area contributed by atoms with Crippen molar-refractivity contribution in [2.45, 2.75) is 173 Å². The number of rotatable bonds is 25. The Hall–Kier alpha value is -7.33. The van der Waals surface area contributed by atoms with Crippen LogP contribution in [0.2, 0.25) is 5.02 Å². The minimum atomic E-state index is -3.63. The molecule has 2 unspecified atom stereocenters. The molecule has 4 N–H and O–H groups in total. The number of likely N-dealkylation sites (tertiary alicyclic amines) is 2. The summed E-state index contributed by atoms with van der Waals surface area (Å²) in [4.78, 5) is 90.0. The lowest BCUT2D eigenvalue weighted by atomic mass is 9.85. The highest BCUT2D eigenvalue weighted by molar-refractivity contribution is 7.92. The number of nitrogens with one attached hydrogen (secondary N) is 4. The van der Waals surface area contributed by atoms with Crippen LogP contribution in [0, 0.1) is 19.3 Å². The van der Waals surface area contributed by atoms with Crippen molar-refractivity contribution in [1.82, 2.24) is 35.4 Å². The number of azide groups is 1. The number of aromatic nitrogens is 3. The van der Waals surface area contributed by atoms with E-state index in [9.17, 15) is 32.4 Å². The Morgan fingerprint density at radius 2 is 1.61 bits per heavy atom. The fourth-order valence-corrected chi connectivity index (χ4v) is 12.6. The van der Waals surface area contributed by atoms with Gasteiger partial charge >= 0.3 is 5.97 Å². The first-order valence-electron chi connectivity index (χ1n) is 28.9. The minimum absolute atomic E-state index is 0.0154. The summed E-state index contributed by atoms with van der Waals surface area (Å²) in [6, 6.07) is 15.9. The van der Waals surface area contributed by atoms with Crippen LogP contribution < -0.4 is 26.0 Å². The van der Waals surface area contributed by atoms with Crippen molar-refractivity contribution in [3.63, 3.8) is 0 Å². The van der Waals surface area contributed by atoms with Crippen LogP contribution in [0.3, 0.4) is 0 Å². The summed E-state index contributed by atoms with van der Waals surface area (Å²) in [5, 5.41) is 15.5. The van der Waals surface area contributed by atoms with Gasteiger partial charge in [0.1, 0.15) is 29.0 Å². The van der Waals surface area contributed by atoms with Gasteiger partial charge in [-0.2, -0.15) is 4.98 Å². The molecule has 5 aromatic rings. The topological polar surface area (TPSA) is 280 Å². The number of para-hydroxylation sites is 1. The van der Waals surface area contributed by atoms with E-state index in [1.54, 1.807) is 55.0 Å². The highest BCUT2D eigenvalue weighted by atomic mass is 35.5. The van der Waals surface area contributed by atoms with Gasteiger partial charge in [0.15, 0.2) is 15.7 Å². The number of unbranched alkanes of at least 4 members (excludes halogenated alkanes) is 1. The van der Waals surface area contributed by atoms with Crippen molar-refractivity contribution < 1.29 is 41.9 Å². The van der Waals surface area contributed by atoms with Crippen LogP contribution in [0.15, 0.2) is 82.4 Å². The summed E-state index contributed by atoms with van der Waals surface area (Å²) in [5.41, 5.74) is 15.4. The molecule has 0 radical (unpaired) electrons. The monoisotopic (exact) mass is 1220 g/mol. The van der Waals surface area contributed by atoms with Gasteiger partial charge in [0.25, 0.3) is 0 Å². The molecule has 2 saturated heterocycles. The molecular weight excluding hydrogens is 1140 g/mol. The lowest BCUT2D eigenvalue weighted by Gasteiger charge is -2.35. The van der Waals surface area contributed by atoms with Crippen molar-refractivity contribution >= 4 is 85.5 Å². The first kappa shape index (κ1) is 65.2. The maximum absolute atomic E-state index is 14.7. The van der Waals surface area contributed by atoms with Crippen LogP contribution in [0.1, 0.15) is 148 Å². The van der Waals surface area contributed by atoms with Gasteiger partial charge in [-0.15, -0.1) is 11.3 Å². The summed E-state index contributed by atoms with van der Waals surface area (Å²) in [6.07, 6.45) is 3.29. The molecule has 0 aliphatic carbocycles. The number of piperidine rings is 1. The Kier molecular flexibility index (Phi) is 22.4. The largest absolute Gasteiger partial charge is 0.489 e. The Balaban J connectivity index is 0.950. The third-order valence-corrected chi connectivity index (χ3v) is 18.6. The van der Waals surface area contributed by atoms with E-state index < -0.39 is 68.4 Å². The lowest BCUT2D eigenvalue weighted by molar-refractivity contribution is -0.149. The number of aryl methyl sites for hydroxylation is 2. The van der Waals surface area contributed by atoms with Gasteiger partial charge in [-0.1, -0.05) is 73.9 Å². The SMILES string of the molecule is Cc1cc(Nc2ncc(Cl)c(Nc3ccccc3S(=O)(=O)C(C)C)n2)c(OC(C)C)cc1C1CCN(C(=O)CCCC(=O)NC(C(=O)N2C[C@H](OC(=O)CCCCN=[N+]=[N-])C[C@H]2C(=O)NC(C)c2ccc(-c3scnc3C)cc2)C(C)(C)C)CC1. The number of halogens is 1. The maximum atomic E-state index is 14.7. The molecule has 3 aromatic carbocycles. The van der Waals surface area contributed by atoms with Gasteiger partial charge in [-0.3, -0.25) is 24.0 Å². The van der Waals surface area contributed by atoms with Crippen LogP contribution in [0.5, 0.6) is 5.75 Å². The average molecular weight is 1220 g/mol. The number of nitrogens with zero attached hydrogens (tertiary/aromatic N) is 8. The predicted molar refractivity (Wildman–Crippen MR) is 330 cm³/mol. The van der Waals surface area contributed by atoms with E-state index in [1.165, 1.54) is 11.1 Å². The molecule has 0 spiro atoms. The number of ether oxygens (including phenoxy) is 2. The number of hydrogen-bond donors (Lipinski definition) is 4. The highest BCUT2D eigenvalue weighted by Crippen LogP contribution is 2.39. The normalized spacial score (nSPS) is 16.3. The fourth-order valence-electron chi connectivity index (χ4n) is 10.5. The van der Waals surface area contributed by atoms with Crippen LogP contribution in [-0.2, 0) is 38.5 Å². The minimum Gasteiger partial charge on any atom is -0.489 e. The van der Waals surface area contributed by atoms with Gasteiger partial charge in [0.2, 0.25) is 29.6 Å². The van der Waals surface area contributed by atoms with Crippen molar-refractivity contribution in [1.29, 1.82) is 0 Å². The van der Waals surface area contributed by atoms with Crippen molar-refractivity contribution in [3.8, 4) is 16.2 Å². The highest BCUT2D eigenvalue weighted by Gasteiger charge is 2.46. The number of carbonyl (C=O) groups is 5. The number of thiazole rings is 1. The third kappa shape index (κ3) is 17.2.